The zero-order valence-electron chi connectivity index (χ0n) is 11.8. The highest BCUT2D eigenvalue weighted by Crippen LogP contribution is 2.22. The molecule has 0 bridgehead atoms. The average Bonchev–Trinajstić information content (AvgIpc) is 2.36. The molecule has 0 saturated heterocycles. The van der Waals surface area contributed by atoms with Crippen molar-refractivity contribution in [3.05, 3.63) is 63.1 Å². The van der Waals surface area contributed by atoms with E-state index in [9.17, 15) is 0 Å². The third kappa shape index (κ3) is 3.84. The van der Waals surface area contributed by atoms with Crippen LogP contribution in [-0.2, 0) is 13.0 Å². The molecule has 2 aromatic rings. The summed E-state index contributed by atoms with van der Waals surface area (Å²) in [5.41, 5.74) is 6.55. The average molecular weight is 318 g/mol. The zero-order chi connectivity index (χ0) is 13.8. The standard InChI is InChI=1S/C17H20BrN/c1-4-15-10-16(18)5-6-17(15)19-11-14-8-12(2)7-13(3)9-14/h5-10,19H,4,11H2,1-3H3. The summed E-state index contributed by atoms with van der Waals surface area (Å²) in [6.07, 6.45) is 1.04. The Morgan fingerprint density at radius 1 is 1.00 bits per heavy atom. The molecule has 0 heterocycles. The van der Waals surface area contributed by atoms with Gasteiger partial charge in [-0.25, -0.2) is 0 Å². The molecule has 0 saturated carbocycles. The minimum absolute atomic E-state index is 0.872. The molecule has 0 fully saturated rings. The van der Waals surface area contributed by atoms with E-state index in [1.807, 2.05) is 0 Å². The van der Waals surface area contributed by atoms with Crippen molar-refractivity contribution in [3.8, 4) is 0 Å². The zero-order valence-corrected chi connectivity index (χ0v) is 13.3. The van der Waals surface area contributed by atoms with Gasteiger partial charge in [-0.05, 0) is 49.6 Å². The van der Waals surface area contributed by atoms with Crippen LogP contribution in [0.4, 0.5) is 5.69 Å². The Kier molecular flexibility index (Phi) is 4.65. The first-order valence-electron chi connectivity index (χ1n) is 6.68. The fraction of sp³-hybridized carbons (Fsp3) is 0.294. The maximum Gasteiger partial charge on any atom is 0.0401 e. The summed E-state index contributed by atoms with van der Waals surface area (Å²) in [6.45, 7) is 7.35. The Hall–Kier alpha value is -1.28. The quantitative estimate of drug-likeness (QED) is 0.813. The first-order chi connectivity index (χ1) is 9.08. The molecule has 19 heavy (non-hydrogen) atoms. The van der Waals surface area contributed by atoms with Gasteiger partial charge < -0.3 is 5.32 Å². The van der Waals surface area contributed by atoms with Crippen molar-refractivity contribution in [2.45, 2.75) is 33.7 Å². The first kappa shape index (κ1) is 14.1. The van der Waals surface area contributed by atoms with Crippen LogP contribution in [0.15, 0.2) is 40.9 Å². The summed E-state index contributed by atoms with van der Waals surface area (Å²) in [5, 5.41) is 3.54. The number of rotatable bonds is 4. The van der Waals surface area contributed by atoms with Gasteiger partial charge in [-0.1, -0.05) is 52.2 Å². The van der Waals surface area contributed by atoms with Crippen LogP contribution in [0.5, 0.6) is 0 Å². The Labute approximate surface area is 124 Å². The Bertz CT molecular complexity index is 555. The topological polar surface area (TPSA) is 12.0 Å². The Morgan fingerprint density at radius 2 is 1.68 bits per heavy atom. The molecule has 0 atom stereocenters. The molecule has 1 N–H and O–H groups in total. The Morgan fingerprint density at radius 3 is 2.32 bits per heavy atom. The summed E-state index contributed by atoms with van der Waals surface area (Å²) >= 11 is 3.52. The third-order valence-electron chi connectivity index (χ3n) is 3.21. The van der Waals surface area contributed by atoms with E-state index < -0.39 is 0 Å². The highest BCUT2D eigenvalue weighted by molar-refractivity contribution is 9.10. The van der Waals surface area contributed by atoms with Gasteiger partial charge in [0.05, 0.1) is 0 Å². The lowest BCUT2D eigenvalue weighted by atomic mass is 10.1. The van der Waals surface area contributed by atoms with Gasteiger partial charge in [-0.3, -0.25) is 0 Å². The van der Waals surface area contributed by atoms with E-state index in [1.54, 1.807) is 0 Å². The number of hydrogen-bond acceptors (Lipinski definition) is 1. The Balaban J connectivity index is 2.14. The van der Waals surface area contributed by atoms with Crippen LogP contribution in [0.25, 0.3) is 0 Å². The van der Waals surface area contributed by atoms with Gasteiger partial charge in [-0.2, -0.15) is 0 Å². The summed E-state index contributed by atoms with van der Waals surface area (Å²) in [5.74, 6) is 0. The van der Waals surface area contributed by atoms with Gasteiger partial charge >= 0.3 is 0 Å². The largest absolute Gasteiger partial charge is 0.381 e. The lowest BCUT2D eigenvalue weighted by Gasteiger charge is -2.12. The summed E-state index contributed by atoms with van der Waals surface area (Å²) < 4.78 is 1.14. The molecular weight excluding hydrogens is 298 g/mol. The number of benzene rings is 2. The number of halogens is 1. The maximum absolute atomic E-state index is 3.54. The number of hydrogen-bond donors (Lipinski definition) is 1. The summed E-state index contributed by atoms with van der Waals surface area (Å²) in [4.78, 5) is 0. The molecule has 0 aliphatic carbocycles. The van der Waals surface area contributed by atoms with E-state index in [-0.39, 0.29) is 0 Å². The van der Waals surface area contributed by atoms with E-state index in [0.717, 1.165) is 17.4 Å². The van der Waals surface area contributed by atoms with Crippen LogP contribution < -0.4 is 5.32 Å². The SMILES string of the molecule is CCc1cc(Br)ccc1NCc1cc(C)cc(C)c1. The van der Waals surface area contributed by atoms with Crippen molar-refractivity contribution in [1.29, 1.82) is 0 Å². The fourth-order valence-electron chi connectivity index (χ4n) is 2.40. The van der Waals surface area contributed by atoms with Gasteiger partial charge in [0.25, 0.3) is 0 Å². The molecule has 0 aliphatic rings. The highest BCUT2D eigenvalue weighted by Gasteiger charge is 2.02. The van der Waals surface area contributed by atoms with Gasteiger partial charge in [0.1, 0.15) is 0 Å². The molecule has 0 spiro atoms. The minimum Gasteiger partial charge on any atom is -0.381 e. The van der Waals surface area contributed by atoms with Crippen LogP contribution in [-0.4, -0.2) is 0 Å². The minimum atomic E-state index is 0.872. The molecule has 0 amide bonds. The fourth-order valence-corrected chi connectivity index (χ4v) is 2.80. The predicted molar refractivity (Wildman–Crippen MR) is 86.8 cm³/mol. The van der Waals surface area contributed by atoms with Gasteiger partial charge in [0.15, 0.2) is 0 Å². The second-order valence-electron chi connectivity index (χ2n) is 5.00. The van der Waals surface area contributed by atoms with E-state index >= 15 is 0 Å². The first-order valence-corrected chi connectivity index (χ1v) is 7.47. The molecule has 2 rings (SSSR count). The van der Waals surface area contributed by atoms with Crippen molar-refractivity contribution in [2.75, 3.05) is 5.32 Å². The smallest absolute Gasteiger partial charge is 0.0401 e. The van der Waals surface area contributed by atoms with Crippen LogP contribution in [0.1, 0.15) is 29.2 Å². The summed E-state index contributed by atoms with van der Waals surface area (Å²) in [6, 6.07) is 13.1. The molecular formula is C17H20BrN. The van der Waals surface area contributed by atoms with Crippen molar-refractivity contribution < 1.29 is 0 Å². The highest BCUT2D eigenvalue weighted by atomic mass is 79.9. The molecule has 2 aromatic carbocycles. The normalized spacial score (nSPS) is 10.5. The van der Waals surface area contributed by atoms with Crippen molar-refractivity contribution >= 4 is 21.6 Å². The number of aryl methyl sites for hydroxylation is 3. The van der Waals surface area contributed by atoms with Crippen LogP contribution in [0.2, 0.25) is 0 Å². The molecule has 100 valence electrons. The number of anilines is 1. The molecule has 0 aliphatic heterocycles. The maximum atomic E-state index is 3.54. The van der Waals surface area contributed by atoms with E-state index in [1.165, 1.54) is 27.9 Å². The van der Waals surface area contributed by atoms with Crippen molar-refractivity contribution in [2.24, 2.45) is 0 Å². The molecule has 0 radical (unpaired) electrons. The van der Waals surface area contributed by atoms with Crippen LogP contribution in [0.3, 0.4) is 0 Å². The van der Waals surface area contributed by atoms with Crippen LogP contribution >= 0.6 is 15.9 Å². The third-order valence-corrected chi connectivity index (χ3v) is 3.71. The van der Waals surface area contributed by atoms with E-state index in [2.05, 4.69) is 78.4 Å². The number of nitrogens with one attached hydrogen (secondary N) is 1. The molecule has 2 heteroatoms. The van der Waals surface area contributed by atoms with Crippen molar-refractivity contribution in [3.63, 3.8) is 0 Å². The molecule has 1 nitrogen and oxygen atoms in total. The molecule has 0 aromatic heterocycles. The lowest BCUT2D eigenvalue weighted by molar-refractivity contribution is 1.08. The second kappa shape index (κ2) is 6.25. The lowest BCUT2D eigenvalue weighted by Crippen LogP contribution is -2.02. The monoisotopic (exact) mass is 317 g/mol. The molecule has 0 unspecified atom stereocenters. The summed E-state index contributed by atoms with van der Waals surface area (Å²) in [7, 11) is 0. The van der Waals surface area contributed by atoms with E-state index in [4.69, 9.17) is 0 Å². The predicted octanol–water partition coefficient (Wildman–Crippen LogP) is 5.24. The van der Waals surface area contributed by atoms with Gasteiger partial charge in [0.2, 0.25) is 0 Å². The van der Waals surface area contributed by atoms with Gasteiger partial charge in [0, 0.05) is 16.7 Å². The van der Waals surface area contributed by atoms with Crippen molar-refractivity contribution in [1.82, 2.24) is 0 Å². The van der Waals surface area contributed by atoms with Crippen LogP contribution in [0, 0.1) is 13.8 Å². The second-order valence-corrected chi connectivity index (χ2v) is 5.92. The van der Waals surface area contributed by atoms with Gasteiger partial charge in [-0.15, -0.1) is 0 Å². The van der Waals surface area contributed by atoms with E-state index in [0.29, 0.717) is 0 Å².